The van der Waals surface area contributed by atoms with Crippen molar-refractivity contribution in [2.24, 2.45) is 0 Å². The van der Waals surface area contributed by atoms with E-state index in [0.29, 0.717) is 25.4 Å². The lowest BCUT2D eigenvalue weighted by Gasteiger charge is -2.16. The largest absolute Gasteiger partial charge is 0.338 e. The number of likely N-dealkylation sites (tertiary alicyclic amines) is 1. The molecule has 1 aliphatic heterocycles. The summed E-state index contributed by atoms with van der Waals surface area (Å²) in [7, 11) is -3.32. The highest BCUT2D eigenvalue weighted by Crippen LogP contribution is 2.30. The predicted octanol–water partition coefficient (Wildman–Crippen LogP) is 1.30. The van der Waals surface area contributed by atoms with E-state index in [1.165, 1.54) is 0 Å². The van der Waals surface area contributed by atoms with Crippen molar-refractivity contribution in [2.75, 3.05) is 12.3 Å². The minimum atomic E-state index is -3.32. The van der Waals surface area contributed by atoms with Crippen LogP contribution in [-0.4, -0.2) is 43.6 Å². The van der Waals surface area contributed by atoms with Gasteiger partial charge in [-0.3, -0.25) is 4.79 Å². The van der Waals surface area contributed by atoms with Crippen LogP contribution in [0.3, 0.4) is 0 Å². The highest BCUT2D eigenvalue weighted by molar-refractivity contribution is 7.89. The molecule has 0 spiro atoms. The first kappa shape index (κ1) is 15.5. The number of rotatable bonds is 7. The summed E-state index contributed by atoms with van der Waals surface area (Å²) in [6.45, 7) is 0.529. The molecule has 0 radical (unpaired) electrons. The third-order valence-corrected chi connectivity index (χ3v) is 5.73. The second-order valence-corrected chi connectivity index (χ2v) is 8.08. The topological polar surface area (TPSA) is 66.5 Å². The van der Waals surface area contributed by atoms with Gasteiger partial charge >= 0.3 is 0 Å². The monoisotopic (exact) mass is 322 g/mol. The van der Waals surface area contributed by atoms with Gasteiger partial charge in [-0.1, -0.05) is 30.3 Å². The van der Waals surface area contributed by atoms with Gasteiger partial charge < -0.3 is 4.90 Å². The summed E-state index contributed by atoms with van der Waals surface area (Å²) in [5, 5.41) is 0. The maximum Gasteiger partial charge on any atom is 0.224 e. The van der Waals surface area contributed by atoms with Crippen LogP contribution in [0.2, 0.25) is 0 Å². The van der Waals surface area contributed by atoms with Crippen molar-refractivity contribution in [3.05, 3.63) is 35.9 Å². The Kier molecular flexibility index (Phi) is 4.49. The molecule has 2 aliphatic rings. The summed E-state index contributed by atoms with van der Waals surface area (Å²) >= 11 is 0. The Morgan fingerprint density at radius 3 is 2.59 bits per heavy atom. The normalized spacial score (nSPS) is 22.3. The van der Waals surface area contributed by atoms with Crippen molar-refractivity contribution in [3.63, 3.8) is 0 Å². The summed E-state index contributed by atoms with van der Waals surface area (Å²) in [5.41, 5.74) is 1.15. The molecule has 1 unspecified atom stereocenters. The van der Waals surface area contributed by atoms with E-state index in [1.807, 2.05) is 35.2 Å². The van der Waals surface area contributed by atoms with E-state index >= 15 is 0 Å². The van der Waals surface area contributed by atoms with E-state index in [0.717, 1.165) is 24.8 Å². The van der Waals surface area contributed by atoms with Gasteiger partial charge in [0, 0.05) is 25.0 Å². The smallest absolute Gasteiger partial charge is 0.224 e. The number of nitrogens with one attached hydrogen (secondary N) is 1. The Labute approximate surface area is 131 Å². The number of hydrogen-bond donors (Lipinski definition) is 1. The van der Waals surface area contributed by atoms with E-state index in [-0.39, 0.29) is 17.7 Å². The average Bonchev–Trinajstić information content (AvgIpc) is 3.24. The SMILES string of the molecule is O=C1CC(NS(=O)(=O)CCCc2ccccc2)CN1C1CC1. The number of amides is 1. The van der Waals surface area contributed by atoms with Crippen molar-refractivity contribution >= 4 is 15.9 Å². The summed E-state index contributed by atoms with van der Waals surface area (Å²) in [6, 6.07) is 9.98. The van der Waals surface area contributed by atoms with Crippen LogP contribution in [0.25, 0.3) is 0 Å². The van der Waals surface area contributed by atoms with Crippen LogP contribution in [0.5, 0.6) is 0 Å². The molecule has 1 atom stereocenters. The number of carbonyl (C=O) groups is 1. The summed E-state index contributed by atoms with van der Waals surface area (Å²) in [5.74, 6) is 0.190. The molecule has 6 heteroatoms. The fourth-order valence-corrected chi connectivity index (χ4v) is 4.28. The van der Waals surface area contributed by atoms with Gasteiger partial charge in [-0.25, -0.2) is 13.1 Å². The first-order valence-corrected chi connectivity index (χ1v) is 9.52. The molecule has 1 heterocycles. The maximum absolute atomic E-state index is 12.1. The van der Waals surface area contributed by atoms with Crippen molar-refractivity contribution in [3.8, 4) is 0 Å². The van der Waals surface area contributed by atoms with Gasteiger partial charge in [-0.2, -0.15) is 0 Å². The number of aryl methyl sites for hydroxylation is 1. The lowest BCUT2D eigenvalue weighted by atomic mass is 10.1. The number of carbonyl (C=O) groups excluding carboxylic acids is 1. The Morgan fingerprint density at radius 1 is 1.18 bits per heavy atom. The van der Waals surface area contributed by atoms with Gasteiger partial charge in [0.15, 0.2) is 0 Å². The Balaban J connectivity index is 1.46. The van der Waals surface area contributed by atoms with E-state index < -0.39 is 10.0 Å². The van der Waals surface area contributed by atoms with Crippen LogP contribution in [0.1, 0.15) is 31.2 Å². The molecule has 0 aromatic heterocycles. The minimum Gasteiger partial charge on any atom is -0.338 e. The Morgan fingerprint density at radius 2 is 1.91 bits per heavy atom. The number of benzene rings is 1. The van der Waals surface area contributed by atoms with Crippen LogP contribution in [-0.2, 0) is 21.2 Å². The zero-order chi connectivity index (χ0) is 15.6. The molecule has 1 N–H and O–H groups in total. The van der Waals surface area contributed by atoms with Crippen molar-refractivity contribution in [1.82, 2.24) is 9.62 Å². The summed E-state index contributed by atoms with van der Waals surface area (Å²) < 4.78 is 27.0. The third-order valence-electron chi connectivity index (χ3n) is 4.21. The van der Waals surface area contributed by atoms with E-state index in [1.54, 1.807) is 0 Å². The first-order valence-electron chi connectivity index (χ1n) is 7.87. The van der Waals surface area contributed by atoms with Crippen LogP contribution in [0, 0.1) is 0 Å². The van der Waals surface area contributed by atoms with Gasteiger partial charge in [0.2, 0.25) is 15.9 Å². The lowest BCUT2D eigenvalue weighted by Crippen LogP contribution is -2.38. The fraction of sp³-hybridized carbons (Fsp3) is 0.562. The summed E-state index contributed by atoms with van der Waals surface area (Å²) in [4.78, 5) is 13.7. The quantitative estimate of drug-likeness (QED) is 0.823. The lowest BCUT2D eigenvalue weighted by molar-refractivity contribution is -0.128. The van der Waals surface area contributed by atoms with Gasteiger partial charge in [0.1, 0.15) is 0 Å². The molecule has 1 saturated carbocycles. The number of sulfonamides is 1. The van der Waals surface area contributed by atoms with Crippen molar-refractivity contribution in [1.29, 1.82) is 0 Å². The highest BCUT2D eigenvalue weighted by atomic mass is 32.2. The fourth-order valence-electron chi connectivity index (χ4n) is 2.97. The Hall–Kier alpha value is -1.40. The third kappa shape index (κ3) is 4.08. The molecule has 1 saturated heterocycles. The van der Waals surface area contributed by atoms with Crippen LogP contribution in [0.4, 0.5) is 0 Å². The highest BCUT2D eigenvalue weighted by Gasteiger charge is 2.40. The number of nitrogens with zero attached hydrogens (tertiary/aromatic N) is 1. The molecule has 22 heavy (non-hydrogen) atoms. The molecular formula is C16H22N2O3S. The van der Waals surface area contributed by atoms with Gasteiger partial charge in [0.05, 0.1) is 5.75 Å². The predicted molar refractivity (Wildman–Crippen MR) is 84.8 cm³/mol. The molecular weight excluding hydrogens is 300 g/mol. The molecule has 1 aliphatic carbocycles. The molecule has 1 amide bonds. The van der Waals surface area contributed by atoms with E-state index in [9.17, 15) is 13.2 Å². The minimum absolute atomic E-state index is 0.0829. The zero-order valence-corrected chi connectivity index (χ0v) is 13.4. The second-order valence-electron chi connectivity index (χ2n) is 6.20. The number of hydrogen-bond acceptors (Lipinski definition) is 3. The Bertz CT molecular complexity index is 626. The molecule has 5 nitrogen and oxygen atoms in total. The van der Waals surface area contributed by atoms with Gasteiger partial charge in [0.25, 0.3) is 0 Å². The van der Waals surface area contributed by atoms with Crippen LogP contribution >= 0.6 is 0 Å². The van der Waals surface area contributed by atoms with Crippen molar-refractivity contribution < 1.29 is 13.2 Å². The van der Waals surface area contributed by atoms with Gasteiger partial charge in [-0.05, 0) is 31.2 Å². The molecule has 1 aromatic carbocycles. The molecule has 120 valence electrons. The van der Waals surface area contributed by atoms with Gasteiger partial charge in [-0.15, -0.1) is 0 Å². The van der Waals surface area contributed by atoms with Crippen LogP contribution < -0.4 is 4.72 Å². The van der Waals surface area contributed by atoms with E-state index in [2.05, 4.69) is 4.72 Å². The van der Waals surface area contributed by atoms with Crippen LogP contribution in [0.15, 0.2) is 30.3 Å². The molecule has 1 aromatic rings. The maximum atomic E-state index is 12.1. The molecule has 2 fully saturated rings. The standard InChI is InChI=1S/C16H22N2O3S/c19-16-11-14(12-18(16)15-8-9-15)17-22(20,21)10-4-7-13-5-2-1-3-6-13/h1-3,5-6,14-15,17H,4,7-12H2. The molecule has 0 bridgehead atoms. The zero-order valence-electron chi connectivity index (χ0n) is 12.6. The second kappa shape index (κ2) is 6.38. The summed E-state index contributed by atoms with van der Waals surface area (Å²) in [6.07, 6.45) is 3.75. The molecule has 3 rings (SSSR count). The van der Waals surface area contributed by atoms with E-state index in [4.69, 9.17) is 0 Å². The average molecular weight is 322 g/mol. The first-order chi connectivity index (χ1) is 10.5. The van der Waals surface area contributed by atoms with Crippen molar-refractivity contribution in [2.45, 2.75) is 44.2 Å².